The average Bonchev–Trinajstić information content (AvgIpc) is 3.24. The molecule has 2 heterocycles. The summed E-state index contributed by atoms with van der Waals surface area (Å²) in [6, 6.07) is 18.6. The normalized spacial score (nSPS) is 14.4. The molecule has 1 saturated heterocycles. The maximum Gasteiger partial charge on any atom is 0.270 e. The molecule has 1 N–H and O–H groups in total. The Kier molecular flexibility index (Phi) is 6.89. The summed E-state index contributed by atoms with van der Waals surface area (Å²) >= 11 is 2.04. The van der Waals surface area contributed by atoms with Gasteiger partial charge in [-0.15, -0.1) is 0 Å². The lowest BCUT2D eigenvalue weighted by Gasteiger charge is -2.36. The Morgan fingerprint density at radius 2 is 1.62 bits per heavy atom. The van der Waals surface area contributed by atoms with Crippen molar-refractivity contribution in [1.29, 1.82) is 0 Å². The third-order valence-electron chi connectivity index (χ3n) is 5.15. The second-order valence-corrected chi connectivity index (χ2v) is 8.34. The first-order chi connectivity index (χ1) is 15.5. The highest BCUT2D eigenvalue weighted by atomic mass is 127. The minimum absolute atomic E-state index is 0.153. The molecule has 8 heteroatoms. The summed E-state index contributed by atoms with van der Waals surface area (Å²) in [4.78, 5) is 29.8. The van der Waals surface area contributed by atoms with Crippen LogP contribution in [0.1, 0.15) is 16.1 Å². The number of anilines is 1. The molecule has 0 unspecified atom stereocenters. The zero-order valence-corrected chi connectivity index (χ0v) is 19.3. The second-order valence-electron chi connectivity index (χ2n) is 7.28. The standard InChI is InChI=1S/C24H21FIN3O3/c25-18-6-8-19(9-7-18)28-12-14-29(15-13-28)24(31)21(16-20-10-11-22(26)32-20)27-23(30)17-4-2-1-3-5-17/h1-11,16H,12-15H2,(H,27,30). The van der Waals surface area contributed by atoms with Gasteiger partial charge >= 0.3 is 0 Å². The Morgan fingerprint density at radius 1 is 0.938 bits per heavy atom. The molecule has 1 aliphatic rings. The van der Waals surface area contributed by atoms with Crippen molar-refractivity contribution < 1.29 is 18.4 Å². The molecule has 1 aliphatic heterocycles. The van der Waals surface area contributed by atoms with Crippen molar-refractivity contribution in [3.8, 4) is 0 Å². The highest BCUT2D eigenvalue weighted by Gasteiger charge is 2.25. The Balaban J connectivity index is 1.49. The van der Waals surface area contributed by atoms with Crippen molar-refractivity contribution in [2.45, 2.75) is 0 Å². The Hall–Kier alpha value is -3.14. The van der Waals surface area contributed by atoms with Gasteiger partial charge in [-0.3, -0.25) is 9.59 Å². The minimum atomic E-state index is -0.364. The quantitative estimate of drug-likeness (QED) is 0.387. The molecule has 0 aliphatic carbocycles. The molecule has 0 spiro atoms. The SMILES string of the molecule is O=C(NC(=Cc1ccc(I)o1)C(=O)N1CCN(c2ccc(F)cc2)CC1)c1ccccc1. The van der Waals surface area contributed by atoms with Crippen LogP contribution >= 0.6 is 22.6 Å². The number of halogens is 2. The Bertz CT molecular complexity index is 1120. The van der Waals surface area contributed by atoms with Gasteiger partial charge in [-0.1, -0.05) is 18.2 Å². The zero-order valence-electron chi connectivity index (χ0n) is 17.1. The summed E-state index contributed by atoms with van der Waals surface area (Å²) in [5.74, 6) is -0.439. The van der Waals surface area contributed by atoms with E-state index in [1.165, 1.54) is 12.1 Å². The molecule has 4 rings (SSSR count). The van der Waals surface area contributed by atoms with Gasteiger partial charge in [0.1, 0.15) is 17.3 Å². The van der Waals surface area contributed by atoms with E-state index in [2.05, 4.69) is 10.2 Å². The van der Waals surface area contributed by atoms with E-state index in [0.29, 0.717) is 41.3 Å². The number of rotatable bonds is 5. The number of hydrogen-bond donors (Lipinski definition) is 1. The summed E-state index contributed by atoms with van der Waals surface area (Å²) in [5.41, 5.74) is 1.53. The summed E-state index contributed by atoms with van der Waals surface area (Å²) in [5, 5.41) is 2.75. The molecule has 1 aromatic heterocycles. The van der Waals surface area contributed by atoms with Crippen LogP contribution < -0.4 is 10.2 Å². The number of nitrogens with zero attached hydrogens (tertiary/aromatic N) is 2. The summed E-state index contributed by atoms with van der Waals surface area (Å²) in [7, 11) is 0. The Morgan fingerprint density at radius 3 is 2.25 bits per heavy atom. The monoisotopic (exact) mass is 545 g/mol. The summed E-state index contributed by atoms with van der Waals surface area (Å²) in [6.45, 7) is 2.17. The number of benzene rings is 2. The van der Waals surface area contributed by atoms with Gasteiger partial charge in [0.25, 0.3) is 11.8 Å². The number of carbonyl (C=O) groups excluding carboxylic acids is 2. The van der Waals surface area contributed by atoms with E-state index >= 15 is 0 Å². The fraction of sp³-hybridized carbons (Fsp3) is 0.167. The lowest BCUT2D eigenvalue weighted by Crippen LogP contribution is -2.50. The molecule has 32 heavy (non-hydrogen) atoms. The molecule has 6 nitrogen and oxygen atoms in total. The first kappa shape index (κ1) is 22.1. The smallest absolute Gasteiger partial charge is 0.270 e. The van der Waals surface area contributed by atoms with Crippen molar-refractivity contribution in [2.75, 3.05) is 31.1 Å². The van der Waals surface area contributed by atoms with Crippen LogP contribution in [0.2, 0.25) is 0 Å². The number of piperazine rings is 1. The van der Waals surface area contributed by atoms with Crippen LogP contribution in [-0.2, 0) is 4.79 Å². The Labute approximate surface area is 198 Å². The van der Waals surface area contributed by atoms with E-state index < -0.39 is 0 Å². The molecule has 0 saturated carbocycles. The van der Waals surface area contributed by atoms with E-state index in [9.17, 15) is 14.0 Å². The number of carbonyl (C=O) groups is 2. The van der Waals surface area contributed by atoms with Crippen LogP contribution in [-0.4, -0.2) is 42.9 Å². The molecule has 3 aromatic rings. The topological polar surface area (TPSA) is 65.8 Å². The van der Waals surface area contributed by atoms with Gasteiger partial charge in [0.05, 0.1) is 0 Å². The van der Waals surface area contributed by atoms with Crippen molar-refractivity contribution in [1.82, 2.24) is 10.2 Å². The van der Waals surface area contributed by atoms with Gasteiger partial charge in [-0.05, 0) is 71.1 Å². The molecule has 1 fully saturated rings. The fourth-order valence-corrected chi connectivity index (χ4v) is 3.91. The average molecular weight is 545 g/mol. The van der Waals surface area contributed by atoms with Gasteiger partial charge in [-0.25, -0.2) is 4.39 Å². The van der Waals surface area contributed by atoms with Crippen molar-refractivity contribution >= 4 is 46.2 Å². The van der Waals surface area contributed by atoms with E-state index in [-0.39, 0.29) is 23.3 Å². The first-order valence-corrected chi connectivity index (χ1v) is 11.2. The van der Waals surface area contributed by atoms with E-state index in [1.807, 2.05) is 28.7 Å². The van der Waals surface area contributed by atoms with Crippen LogP contribution in [0.3, 0.4) is 0 Å². The molecular weight excluding hydrogens is 524 g/mol. The van der Waals surface area contributed by atoms with Crippen LogP contribution in [0.5, 0.6) is 0 Å². The third kappa shape index (κ3) is 5.37. The highest BCUT2D eigenvalue weighted by molar-refractivity contribution is 14.1. The molecule has 164 valence electrons. The zero-order chi connectivity index (χ0) is 22.5. The van der Waals surface area contributed by atoms with Crippen LogP contribution in [0, 0.1) is 9.58 Å². The predicted octanol–water partition coefficient (Wildman–Crippen LogP) is 4.14. The largest absolute Gasteiger partial charge is 0.451 e. The van der Waals surface area contributed by atoms with Gasteiger partial charge in [-0.2, -0.15) is 0 Å². The molecular formula is C24H21FIN3O3. The van der Waals surface area contributed by atoms with Gasteiger partial charge in [0, 0.05) is 43.5 Å². The van der Waals surface area contributed by atoms with Gasteiger partial charge in [0.15, 0.2) is 3.77 Å². The predicted molar refractivity (Wildman–Crippen MR) is 129 cm³/mol. The van der Waals surface area contributed by atoms with Crippen LogP contribution in [0.4, 0.5) is 10.1 Å². The molecule has 0 bridgehead atoms. The van der Waals surface area contributed by atoms with Gasteiger partial charge in [0.2, 0.25) is 0 Å². The van der Waals surface area contributed by atoms with Crippen LogP contribution in [0.25, 0.3) is 6.08 Å². The molecule has 0 atom stereocenters. The summed E-state index contributed by atoms with van der Waals surface area (Å²) < 4.78 is 19.5. The molecule has 2 amide bonds. The maximum absolute atomic E-state index is 13.3. The maximum atomic E-state index is 13.3. The fourth-order valence-electron chi connectivity index (χ4n) is 3.47. The number of amides is 2. The number of hydrogen-bond acceptors (Lipinski definition) is 4. The van der Waals surface area contributed by atoms with E-state index in [0.717, 1.165) is 5.69 Å². The van der Waals surface area contributed by atoms with E-state index in [4.69, 9.17) is 4.42 Å². The first-order valence-electron chi connectivity index (χ1n) is 10.1. The van der Waals surface area contributed by atoms with Gasteiger partial charge < -0.3 is 19.5 Å². The highest BCUT2D eigenvalue weighted by Crippen LogP contribution is 2.19. The molecule has 2 aromatic carbocycles. The summed E-state index contributed by atoms with van der Waals surface area (Å²) in [6.07, 6.45) is 1.55. The van der Waals surface area contributed by atoms with Crippen LogP contribution in [0.15, 0.2) is 76.8 Å². The molecule has 0 radical (unpaired) electrons. The van der Waals surface area contributed by atoms with Crippen molar-refractivity contribution in [2.24, 2.45) is 0 Å². The van der Waals surface area contributed by atoms with E-state index in [1.54, 1.807) is 59.5 Å². The minimum Gasteiger partial charge on any atom is -0.451 e. The van der Waals surface area contributed by atoms with Crippen molar-refractivity contribution in [3.63, 3.8) is 0 Å². The van der Waals surface area contributed by atoms with Crippen molar-refractivity contribution in [3.05, 3.63) is 93.3 Å². The number of furan rings is 1. The third-order valence-corrected chi connectivity index (χ3v) is 5.73. The number of nitrogens with one attached hydrogen (secondary N) is 1. The lowest BCUT2D eigenvalue weighted by molar-refractivity contribution is -0.127. The lowest BCUT2D eigenvalue weighted by atomic mass is 10.2. The second kappa shape index (κ2) is 9.99.